The van der Waals surface area contributed by atoms with Crippen LogP contribution in [0.15, 0.2) is 35.4 Å². The van der Waals surface area contributed by atoms with Gasteiger partial charge in [-0.05, 0) is 43.7 Å². The number of ether oxygens (including phenoxy) is 1. The van der Waals surface area contributed by atoms with E-state index in [0.717, 1.165) is 18.8 Å². The molecule has 2 heterocycles. The van der Waals surface area contributed by atoms with Crippen LogP contribution in [0.4, 0.5) is 21.5 Å². The second-order valence-electron chi connectivity index (χ2n) is 7.16. The summed E-state index contributed by atoms with van der Waals surface area (Å²) in [6.45, 7) is 5.87. The van der Waals surface area contributed by atoms with Crippen molar-refractivity contribution in [2.75, 3.05) is 29.9 Å². The van der Waals surface area contributed by atoms with Gasteiger partial charge < -0.3 is 19.5 Å². The molecule has 0 saturated carbocycles. The van der Waals surface area contributed by atoms with Crippen molar-refractivity contribution >= 4 is 39.6 Å². The molecule has 1 aliphatic rings. The Morgan fingerprint density at radius 3 is 2.79 bits per heavy atom. The topological polar surface area (TPSA) is 59.4 Å². The Morgan fingerprint density at radius 1 is 1.31 bits per heavy atom. The van der Waals surface area contributed by atoms with E-state index in [0.29, 0.717) is 33.8 Å². The van der Waals surface area contributed by atoms with Gasteiger partial charge in [-0.1, -0.05) is 11.6 Å². The van der Waals surface area contributed by atoms with Crippen molar-refractivity contribution in [1.29, 1.82) is 0 Å². The molecule has 1 fully saturated rings. The van der Waals surface area contributed by atoms with Crippen LogP contribution in [0.5, 0.6) is 0 Å². The quantitative estimate of drug-likeness (QED) is 0.681. The van der Waals surface area contributed by atoms with Crippen molar-refractivity contribution in [1.82, 2.24) is 9.55 Å². The zero-order chi connectivity index (χ0) is 20.7. The van der Waals surface area contributed by atoms with Crippen molar-refractivity contribution in [3.05, 3.63) is 57.3 Å². The first-order chi connectivity index (χ1) is 13.9. The van der Waals surface area contributed by atoms with Gasteiger partial charge in [-0.25, -0.2) is 9.37 Å². The highest BCUT2D eigenvalue weighted by Crippen LogP contribution is 2.39. The fourth-order valence-electron chi connectivity index (χ4n) is 3.60. The Balaban J connectivity index is 1.70. The summed E-state index contributed by atoms with van der Waals surface area (Å²) in [5, 5.41) is 3.89. The summed E-state index contributed by atoms with van der Waals surface area (Å²) in [5.41, 5.74) is 2.68. The average Bonchev–Trinajstić information content (AvgIpc) is 2.66. The molecule has 4 rings (SSSR count). The Hall–Kier alpha value is -2.64. The summed E-state index contributed by atoms with van der Waals surface area (Å²) in [7, 11) is 1.65. The van der Waals surface area contributed by atoms with Crippen molar-refractivity contribution in [2.24, 2.45) is 7.05 Å². The minimum atomic E-state index is -0.459. The average molecular weight is 417 g/mol. The molecule has 0 bridgehead atoms. The molecule has 0 aliphatic carbocycles. The van der Waals surface area contributed by atoms with E-state index in [1.54, 1.807) is 25.2 Å². The Kier molecular flexibility index (Phi) is 5.19. The molecule has 8 heteroatoms. The fourth-order valence-corrected chi connectivity index (χ4v) is 3.92. The third kappa shape index (κ3) is 3.45. The van der Waals surface area contributed by atoms with Crippen LogP contribution in [0.2, 0.25) is 5.02 Å². The van der Waals surface area contributed by atoms with Gasteiger partial charge >= 0.3 is 0 Å². The van der Waals surface area contributed by atoms with Crippen molar-refractivity contribution < 1.29 is 9.13 Å². The minimum Gasteiger partial charge on any atom is -0.375 e. The molecular formula is C21H22ClFN4O2. The predicted octanol–water partition coefficient (Wildman–Crippen LogP) is 4.00. The van der Waals surface area contributed by atoms with Crippen LogP contribution in [0.1, 0.15) is 12.5 Å². The molecule has 0 spiro atoms. The van der Waals surface area contributed by atoms with Crippen LogP contribution >= 0.6 is 11.6 Å². The molecule has 1 N–H and O–H groups in total. The zero-order valence-electron chi connectivity index (χ0n) is 16.5. The van der Waals surface area contributed by atoms with Crippen LogP contribution in [-0.4, -0.2) is 35.4 Å². The molecule has 1 saturated heterocycles. The number of rotatable bonds is 5. The normalized spacial score (nSPS) is 14.3. The minimum absolute atomic E-state index is 0.154. The van der Waals surface area contributed by atoms with Crippen LogP contribution in [-0.2, 0) is 11.8 Å². The van der Waals surface area contributed by atoms with Gasteiger partial charge in [-0.3, -0.25) is 4.79 Å². The third-order valence-corrected chi connectivity index (χ3v) is 5.65. The van der Waals surface area contributed by atoms with Crippen LogP contribution < -0.4 is 15.8 Å². The number of nitrogens with one attached hydrogen (secondary N) is 1. The lowest BCUT2D eigenvalue weighted by atomic mass is 10.1. The molecule has 0 amide bonds. The Labute approximate surface area is 172 Å². The van der Waals surface area contributed by atoms with Crippen molar-refractivity contribution in [2.45, 2.75) is 20.0 Å². The molecule has 0 radical (unpaired) electrons. The number of halogens is 2. The van der Waals surface area contributed by atoms with E-state index in [9.17, 15) is 9.18 Å². The van der Waals surface area contributed by atoms with Gasteiger partial charge in [0.25, 0.3) is 5.56 Å². The third-order valence-electron chi connectivity index (χ3n) is 5.27. The maximum atomic E-state index is 14.6. The molecule has 6 nitrogen and oxygen atoms in total. The van der Waals surface area contributed by atoms with Gasteiger partial charge in [0, 0.05) is 32.4 Å². The van der Waals surface area contributed by atoms with E-state index < -0.39 is 5.82 Å². The SMILES string of the molecule is CCOC1CN(c2ccc(F)c(Nc3ccc4ncn(C)c(=O)c4c3C)c2Cl)C1. The van der Waals surface area contributed by atoms with E-state index in [1.807, 2.05) is 13.8 Å². The van der Waals surface area contributed by atoms with Gasteiger partial charge in [0.2, 0.25) is 0 Å². The summed E-state index contributed by atoms with van der Waals surface area (Å²) in [5.74, 6) is -0.459. The van der Waals surface area contributed by atoms with Gasteiger partial charge in [-0.15, -0.1) is 0 Å². The van der Waals surface area contributed by atoms with Crippen molar-refractivity contribution in [3.63, 3.8) is 0 Å². The van der Waals surface area contributed by atoms with Crippen LogP contribution in [0.3, 0.4) is 0 Å². The number of hydrogen-bond donors (Lipinski definition) is 1. The molecule has 1 aliphatic heterocycles. The van der Waals surface area contributed by atoms with Crippen LogP contribution in [0, 0.1) is 12.7 Å². The Bertz CT molecular complexity index is 1140. The second kappa shape index (κ2) is 7.65. The molecule has 29 heavy (non-hydrogen) atoms. The lowest BCUT2D eigenvalue weighted by Crippen LogP contribution is -2.52. The second-order valence-corrected chi connectivity index (χ2v) is 7.53. The molecule has 2 aromatic carbocycles. The Morgan fingerprint density at radius 2 is 2.07 bits per heavy atom. The molecule has 152 valence electrons. The number of nitrogens with zero attached hydrogens (tertiary/aromatic N) is 3. The highest BCUT2D eigenvalue weighted by atomic mass is 35.5. The largest absolute Gasteiger partial charge is 0.375 e. The lowest BCUT2D eigenvalue weighted by molar-refractivity contribution is 0.0431. The van der Waals surface area contributed by atoms with E-state index in [1.165, 1.54) is 17.0 Å². The van der Waals surface area contributed by atoms with E-state index >= 15 is 0 Å². The molecule has 0 unspecified atom stereocenters. The summed E-state index contributed by atoms with van der Waals surface area (Å²) in [4.78, 5) is 18.9. The molecule has 3 aromatic rings. The smallest absolute Gasteiger partial charge is 0.261 e. The first kappa shape index (κ1) is 19.7. The van der Waals surface area contributed by atoms with Gasteiger partial charge in [0.1, 0.15) is 5.82 Å². The number of anilines is 3. The predicted molar refractivity (Wildman–Crippen MR) is 114 cm³/mol. The number of benzene rings is 2. The number of hydrogen-bond acceptors (Lipinski definition) is 5. The number of fused-ring (bicyclic) bond motifs is 1. The highest BCUT2D eigenvalue weighted by Gasteiger charge is 2.30. The van der Waals surface area contributed by atoms with Gasteiger partial charge in [0.05, 0.1) is 39.7 Å². The summed E-state index contributed by atoms with van der Waals surface area (Å²) >= 11 is 6.56. The van der Waals surface area contributed by atoms with E-state index in [2.05, 4.69) is 15.2 Å². The molecule has 0 atom stereocenters. The first-order valence-corrected chi connectivity index (χ1v) is 9.85. The van der Waals surface area contributed by atoms with Crippen molar-refractivity contribution in [3.8, 4) is 0 Å². The standard InChI is InChI=1S/C21H22ClFN4O2/c1-4-29-13-9-27(10-13)17-8-5-14(23)20(19(17)22)25-15-6-7-16-18(12(15)2)21(28)26(3)11-24-16/h5-8,11,13,25H,4,9-10H2,1-3H3. The number of aromatic nitrogens is 2. The lowest BCUT2D eigenvalue weighted by Gasteiger charge is -2.41. The molecular weight excluding hydrogens is 395 g/mol. The fraction of sp³-hybridized carbons (Fsp3) is 0.333. The summed E-state index contributed by atoms with van der Waals surface area (Å²) < 4.78 is 21.6. The van der Waals surface area contributed by atoms with Gasteiger partial charge in [-0.2, -0.15) is 0 Å². The van der Waals surface area contributed by atoms with E-state index in [4.69, 9.17) is 16.3 Å². The van der Waals surface area contributed by atoms with E-state index in [-0.39, 0.29) is 17.4 Å². The summed E-state index contributed by atoms with van der Waals surface area (Å²) in [6.07, 6.45) is 1.66. The number of aryl methyl sites for hydroxylation is 2. The zero-order valence-corrected chi connectivity index (χ0v) is 17.3. The van der Waals surface area contributed by atoms with Gasteiger partial charge in [0.15, 0.2) is 0 Å². The van der Waals surface area contributed by atoms with Crippen LogP contribution in [0.25, 0.3) is 10.9 Å². The monoisotopic (exact) mass is 416 g/mol. The maximum absolute atomic E-state index is 14.6. The first-order valence-electron chi connectivity index (χ1n) is 9.47. The molecule has 1 aromatic heterocycles. The maximum Gasteiger partial charge on any atom is 0.261 e. The highest BCUT2D eigenvalue weighted by molar-refractivity contribution is 6.36. The summed E-state index contributed by atoms with van der Waals surface area (Å²) in [6, 6.07) is 6.59.